The van der Waals surface area contributed by atoms with Crippen LogP contribution in [0.1, 0.15) is 28.1 Å². The number of carbonyl (C=O) groups is 1. The topological polar surface area (TPSA) is 111 Å². The number of aromatic amines is 1. The zero-order chi connectivity index (χ0) is 21.1. The second kappa shape index (κ2) is 6.76. The molecule has 9 nitrogen and oxygen atoms in total. The van der Waals surface area contributed by atoms with Crippen molar-refractivity contribution in [2.75, 3.05) is 31.6 Å². The highest BCUT2D eigenvalue weighted by molar-refractivity contribution is 7.89. The smallest absolute Gasteiger partial charge is 0.264 e. The number of nitrogens with one attached hydrogen (secondary N) is 2. The van der Waals surface area contributed by atoms with Crippen LogP contribution in [-0.2, 0) is 10.0 Å². The Morgan fingerprint density at radius 1 is 1.30 bits per heavy atom. The minimum atomic E-state index is -3.58. The standard InChI is InChI=1S/C19H22N6O3S2/c1-12-14(30(27,28)20-2)9-29-15(12)18(26)25-8-7-24(10-19(25)4-5-19)17-13-3-6-21-16(13)22-11-23-17/h3,6,9,11,20H,4-5,7-8,10H2,1-2H3,(H,21,22,23). The number of carbonyl (C=O) groups excluding carboxylic acids is 1. The first-order chi connectivity index (χ1) is 14.4. The third-order valence-electron chi connectivity index (χ3n) is 6.10. The molecule has 0 bridgehead atoms. The molecule has 30 heavy (non-hydrogen) atoms. The highest BCUT2D eigenvalue weighted by Gasteiger charge is 2.54. The van der Waals surface area contributed by atoms with Crippen LogP contribution < -0.4 is 9.62 Å². The van der Waals surface area contributed by atoms with E-state index in [9.17, 15) is 13.2 Å². The van der Waals surface area contributed by atoms with Gasteiger partial charge in [-0.25, -0.2) is 23.1 Å². The molecule has 5 rings (SSSR count). The van der Waals surface area contributed by atoms with Gasteiger partial charge in [0.25, 0.3) is 5.91 Å². The first-order valence-electron chi connectivity index (χ1n) is 9.73. The molecule has 1 aliphatic heterocycles. The Balaban J connectivity index is 1.42. The van der Waals surface area contributed by atoms with Crippen molar-refractivity contribution in [3.05, 3.63) is 34.4 Å². The molecule has 0 radical (unpaired) electrons. The average Bonchev–Trinajstić information content (AvgIpc) is 3.15. The normalized spacial score (nSPS) is 18.3. The summed E-state index contributed by atoms with van der Waals surface area (Å²) in [5, 5.41) is 2.53. The fourth-order valence-corrected chi connectivity index (χ4v) is 6.61. The maximum atomic E-state index is 13.4. The van der Waals surface area contributed by atoms with Crippen molar-refractivity contribution in [1.29, 1.82) is 0 Å². The molecule has 2 aliphatic rings. The summed E-state index contributed by atoms with van der Waals surface area (Å²) in [7, 11) is -2.21. The van der Waals surface area contributed by atoms with Gasteiger partial charge in [0.15, 0.2) is 0 Å². The maximum absolute atomic E-state index is 13.4. The second-order valence-corrected chi connectivity index (χ2v) is 10.5. The van der Waals surface area contributed by atoms with E-state index in [1.807, 2.05) is 17.2 Å². The lowest BCUT2D eigenvalue weighted by molar-refractivity contribution is 0.0628. The van der Waals surface area contributed by atoms with Gasteiger partial charge in [-0.15, -0.1) is 11.3 Å². The molecule has 0 unspecified atom stereocenters. The van der Waals surface area contributed by atoms with E-state index < -0.39 is 10.0 Å². The number of hydrogen-bond donors (Lipinski definition) is 2. The number of H-pyrrole nitrogens is 1. The van der Waals surface area contributed by atoms with Gasteiger partial charge >= 0.3 is 0 Å². The van der Waals surface area contributed by atoms with Crippen molar-refractivity contribution in [2.45, 2.75) is 30.2 Å². The third-order valence-corrected chi connectivity index (χ3v) is 8.86. The van der Waals surface area contributed by atoms with Crippen LogP contribution in [0.2, 0.25) is 0 Å². The Bertz CT molecular complexity index is 1240. The SMILES string of the molecule is CNS(=O)(=O)c1csc(C(=O)N2CCN(c3ncnc4[nH]ccc34)CC23CC3)c1C. The summed E-state index contributed by atoms with van der Waals surface area (Å²) in [6, 6.07) is 1.97. The van der Waals surface area contributed by atoms with Crippen LogP contribution in [0.15, 0.2) is 28.9 Å². The number of nitrogens with zero attached hydrogens (tertiary/aromatic N) is 4. The van der Waals surface area contributed by atoms with Crippen molar-refractivity contribution in [1.82, 2.24) is 24.6 Å². The predicted molar refractivity (Wildman–Crippen MR) is 114 cm³/mol. The molecule has 2 N–H and O–H groups in total. The lowest BCUT2D eigenvalue weighted by atomic mass is 10.1. The molecule has 11 heteroatoms. The molecule has 3 aromatic rings. The third kappa shape index (κ3) is 2.91. The van der Waals surface area contributed by atoms with Crippen LogP contribution in [0.5, 0.6) is 0 Å². The van der Waals surface area contributed by atoms with Gasteiger partial charge in [0.2, 0.25) is 10.0 Å². The Hall–Kier alpha value is -2.50. The summed E-state index contributed by atoms with van der Waals surface area (Å²) in [6.45, 7) is 3.65. The number of piperazine rings is 1. The minimum absolute atomic E-state index is 0.0818. The number of rotatable bonds is 4. The van der Waals surface area contributed by atoms with Crippen molar-refractivity contribution in [3.8, 4) is 0 Å². The van der Waals surface area contributed by atoms with Crippen molar-refractivity contribution in [3.63, 3.8) is 0 Å². The maximum Gasteiger partial charge on any atom is 0.264 e. The summed E-state index contributed by atoms with van der Waals surface area (Å²) in [5.74, 6) is 0.802. The molecule has 0 atom stereocenters. The molecular weight excluding hydrogens is 424 g/mol. The highest BCUT2D eigenvalue weighted by Crippen LogP contribution is 2.46. The van der Waals surface area contributed by atoms with Gasteiger partial charge in [0.05, 0.1) is 20.7 Å². The van der Waals surface area contributed by atoms with Crippen molar-refractivity contribution < 1.29 is 13.2 Å². The highest BCUT2D eigenvalue weighted by atomic mass is 32.2. The minimum Gasteiger partial charge on any atom is -0.352 e. The van der Waals surface area contributed by atoms with E-state index in [1.165, 1.54) is 18.4 Å². The zero-order valence-electron chi connectivity index (χ0n) is 16.7. The summed E-state index contributed by atoms with van der Waals surface area (Å²) in [5.41, 5.74) is 1.10. The Morgan fingerprint density at radius 3 is 2.83 bits per heavy atom. The van der Waals surface area contributed by atoms with E-state index in [0.29, 0.717) is 30.1 Å². The van der Waals surface area contributed by atoms with E-state index in [1.54, 1.807) is 18.6 Å². The van der Waals surface area contributed by atoms with Gasteiger partial charge in [0, 0.05) is 31.2 Å². The summed E-state index contributed by atoms with van der Waals surface area (Å²) >= 11 is 1.20. The van der Waals surface area contributed by atoms with E-state index >= 15 is 0 Å². The quantitative estimate of drug-likeness (QED) is 0.631. The summed E-state index contributed by atoms with van der Waals surface area (Å²) in [4.78, 5) is 30.1. The Kier molecular flexibility index (Phi) is 4.38. The molecule has 1 amide bonds. The summed E-state index contributed by atoms with van der Waals surface area (Å²) < 4.78 is 26.7. The van der Waals surface area contributed by atoms with Crippen LogP contribution >= 0.6 is 11.3 Å². The monoisotopic (exact) mass is 446 g/mol. The number of anilines is 1. The van der Waals surface area contributed by atoms with Gasteiger partial charge in [-0.1, -0.05) is 0 Å². The first-order valence-corrected chi connectivity index (χ1v) is 12.1. The molecule has 1 spiro atoms. The predicted octanol–water partition coefficient (Wildman–Crippen LogP) is 1.73. The molecule has 1 saturated heterocycles. The van der Waals surface area contributed by atoms with Crippen LogP contribution in [-0.4, -0.2) is 66.4 Å². The van der Waals surface area contributed by atoms with Crippen LogP contribution in [0.4, 0.5) is 5.82 Å². The van der Waals surface area contributed by atoms with Crippen molar-refractivity contribution in [2.24, 2.45) is 0 Å². The van der Waals surface area contributed by atoms with Gasteiger partial charge < -0.3 is 14.8 Å². The van der Waals surface area contributed by atoms with E-state index in [0.717, 1.165) is 29.7 Å². The zero-order valence-corrected chi connectivity index (χ0v) is 18.3. The Labute approximate surface area is 178 Å². The van der Waals surface area contributed by atoms with Crippen molar-refractivity contribution >= 4 is 44.1 Å². The summed E-state index contributed by atoms with van der Waals surface area (Å²) in [6.07, 6.45) is 5.28. The number of hydrogen-bond acceptors (Lipinski definition) is 7. The molecular formula is C19H22N6O3S2. The molecule has 3 aromatic heterocycles. The number of sulfonamides is 1. The van der Waals surface area contributed by atoms with E-state index in [2.05, 4.69) is 24.6 Å². The van der Waals surface area contributed by atoms with Gasteiger partial charge in [-0.2, -0.15) is 0 Å². The molecule has 1 saturated carbocycles. The molecule has 0 aromatic carbocycles. The van der Waals surface area contributed by atoms with Crippen LogP contribution in [0, 0.1) is 6.92 Å². The van der Waals surface area contributed by atoms with Crippen LogP contribution in [0.3, 0.4) is 0 Å². The van der Waals surface area contributed by atoms with Gasteiger partial charge in [0.1, 0.15) is 17.8 Å². The number of amides is 1. The molecule has 2 fully saturated rings. The van der Waals surface area contributed by atoms with Gasteiger partial charge in [-0.3, -0.25) is 4.79 Å². The molecule has 4 heterocycles. The van der Waals surface area contributed by atoms with E-state index in [4.69, 9.17) is 0 Å². The lowest BCUT2D eigenvalue weighted by Gasteiger charge is -2.42. The Morgan fingerprint density at radius 2 is 2.10 bits per heavy atom. The molecule has 158 valence electrons. The van der Waals surface area contributed by atoms with E-state index in [-0.39, 0.29) is 16.3 Å². The largest absolute Gasteiger partial charge is 0.352 e. The fraction of sp³-hybridized carbons (Fsp3) is 0.421. The fourth-order valence-electron chi connectivity index (χ4n) is 4.27. The second-order valence-electron chi connectivity index (χ2n) is 7.80. The molecule has 1 aliphatic carbocycles. The lowest BCUT2D eigenvalue weighted by Crippen LogP contribution is -2.57. The number of fused-ring (bicyclic) bond motifs is 1. The number of thiophene rings is 1. The number of aromatic nitrogens is 3. The first kappa shape index (κ1) is 19.5. The van der Waals surface area contributed by atoms with Gasteiger partial charge in [-0.05, 0) is 38.4 Å². The van der Waals surface area contributed by atoms with Crippen LogP contribution in [0.25, 0.3) is 11.0 Å². The average molecular weight is 447 g/mol.